The molecular formula is C22H15ClF2N6O. The molecule has 2 heterocycles. The Morgan fingerprint density at radius 2 is 2.00 bits per heavy atom. The lowest BCUT2D eigenvalue weighted by Gasteiger charge is -2.22. The first-order chi connectivity index (χ1) is 15.3. The van der Waals surface area contributed by atoms with Crippen molar-refractivity contribution < 1.29 is 8.78 Å². The number of halogens is 3. The summed E-state index contributed by atoms with van der Waals surface area (Å²) in [5, 5.41) is 4.09. The van der Waals surface area contributed by atoms with E-state index in [9.17, 15) is 13.6 Å². The highest BCUT2D eigenvalue weighted by Crippen LogP contribution is 2.30. The van der Waals surface area contributed by atoms with Crippen LogP contribution in [0.4, 0.5) is 26.2 Å². The van der Waals surface area contributed by atoms with Crippen molar-refractivity contribution in [3.63, 3.8) is 0 Å². The molecule has 1 atom stereocenters. The third kappa shape index (κ3) is 3.72. The number of nitrogens with zero attached hydrogens (tertiary/aromatic N) is 4. The smallest absolute Gasteiger partial charge is 0.264 e. The number of nitrogens with two attached hydrogens (primary N) is 1. The SMILES string of the molecule is [C-]#[N+]c1cnc(N)nc1N[C@@H](C)c1cc2cccc(Cl)c2c(=O)n1-c1ccc(F)c(F)c1. The minimum absolute atomic E-state index is 0.0320. The molecule has 4 rings (SSSR count). The first-order valence-corrected chi connectivity index (χ1v) is 9.74. The zero-order valence-electron chi connectivity index (χ0n) is 16.6. The standard InChI is InChI=1S/C22H15ClF2N6O/c1-11(29-20-17(27-2)10-28-22(26)30-20)18-8-12-4-3-5-14(23)19(12)21(32)31(18)13-6-7-15(24)16(25)9-13/h3-11H,1H3,(H3,26,28,29,30)/t11-/m0/s1. The van der Waals surface area contributed by atoms with E-state index < -0.39 is 23.2 Å². The van der Waals surface area contributed by atoms with Crippen molar-refractivity contribution in [2.45, 2.75) is 13.0 Å². The summed E-state index contributed by atoms with van der Waals surface area (Å²) in [7, 11) is 0. The van der Waals surface area contributed by atoms with Gasteiger partial charge in [-0.2, -0.15) is 0 Å². The lowest BCUT2D eigenvalue weighted by Crippen LogP contribution is -2.26. The molecule has 160 valence electrons. The summed E-state index contributed by atoms with van der Waals surface area (Å²) < 4.78 is 28.8. The number of fused-ring (bicyclic) bond motifs is 1. The van der Waals surface area contributed by atoms with Crippen LogP contribution in [0, 0.1) is 18.2 Å². The number of benzene rings is 2. The third-order valence-corrected chi connectivity index (χ3v) is 5.21. The number of rotatable bonds is 4. The van der Waals surface area contributed by atoms with Gasteiger partial charge in [-0.15, -0.1) is 0 Å². The molecule has 0 aliphatic carbocycles. The summed E-state index contributed by atoms with van der Waals surface area (Å²) in [6.45, 7) is 9.04. The first-order valence-electron chi connectivity index (χ1n) is 9.36. The highest BCUT2D eigenvalue weighted by atomic mass is 35.5. The van der Waals surface area contributed by atoms with Crippen LogP contribution in [0.3, 0.4) is 0 Å². The topological polar surface area (TPSA) is 90.2 Å². The van der Waals surface area contributed by atoms with Gasteiger partial charge in [-0.1, -0.05) is 23.7 Å². The Bertz CT molecular complexity index is 1460. The van der Waals surface area contributed by atoms with E-state index in [0.717, 1.165) is 12.1 Å². The minimum atomic E-state index is -1.10. The van der Waals surface area contributed by atoms with E-state index in [1.165, 1.54) is 16.8 Å². The van der Waals surface area contributed by atoms with E-state index in [4.69, 9.17) is 23.9 Å². The second kappa shape index (κ2) is 8.24. The van der Waals surface area contributed by atoms with Gasteiger partial charge in [-0.3, -0.25) is 9.36 Å². The van der Waals surface area contributed by atoms with Crippen molar-refractivity contribution in [3.05, 3.63) is 92.8 Å². The fourth-order valence-corrected chi connectivity index (χ4v) is 3.67. The maximum Gasteiger partial charge on any atom is 0.264 e. The molecule has 7 nitrogen and oxygen atoms in total. The number of hydrogen-bond donors (Lipinski definition) is 2. The molecule has 0 radical (unpaired) electrons. The molecule has 0 bridgehead atoms. The maximum atomic E-state index is 14.0. The van der Waals surface area contributed by atoms with E-state index in [1.807, 2.05) is 0 Å². The molecule has 2 aromatic carbocycles. The molecule has 0 saturated heterocycles. The van der Waals surface area contributed by atoms with Crippen LogP contribution in [-0.4, -0.2) is 14.5 Å². The van der Waals surface area contributed by atoms with E-state index in [0.29, 0.717) is 11.1 Å². The van der Waals surface area contributed by atoms with E-state index in [-0.39, 0.29) is 33.5 Å². The van der Waals surface area contributed by atoms with Crippen LogP contribution in [0.15, 0.2) is 53.5 Å². The molecule has 0 fully saturated rings. The van der Waals surface area contributed by atoms with Crippen LogP contribution >= 0.6 is 11.6 Å². The van der Waals surface area contributed by atoms with Crippen molar-refractivity contribution >= 4 is 39.8 Å². The van der Waals surface area contributed by atoms with Gasteiger partial charge < -0.3 is 11.1 Å². The predicted molar refractivity (Wildman–Crippen MR) is 119 cm³/mol. The van der Waals surface area contributed by atoms with Crippen LogP contribution in [0.1, 0.15) is 18.7 Å². The zero-order valence-corrected chi connectivity index (χ0v) is 17.4. The van der Waals surface area contributed by atoms with E-state index in [1.54, 1.807) is 31.2 Å². The van der Waals surface area contributed by atoms with Gasteiger partial charge in [0.1, 0.15) is 5.82 Å². The summed E-state index contributed by atoms with van der Waals surface area (Å²) in [6, 6.07) is 9.29. The second-order valence-corrected chi connectivity index (χ2v) is 7.36. The first kappa shape index (κ1) is 21.2. The summed E-state index contributed by atoms with van der Waals surface area (Å²) in [5.74, 6) is -1.99. The van der Waals surface area contributed by atoms with Gasteiger partial charge in [0.15, 0.2) is 11.6 Å². The lowest BCUT2D eigenvalue weighted by atomic mass is 10.1. The normalized spacial score (nSPS) is 11.8. The second-order valence-electron chi connectivity index (χ2n) is 6.95. The zero-order chi connectivity index (χ0) is 23.0. The molecule has 32 heavy (non-hydrogen) atoms. The fraction of sp³-hybridized carbons (Fsp3) is 0.0909. The number of hydrogen-bond acceptors (Lipinski definition) is 5. The summed E-state index contributed by atoms with van der Waals surface area (Å²) in [6.07, 6.45) is 1.28. The van der Waals surface area contributed by atoms with Crippen molar-refractivity contribution in [3.8, 4) is 5.69 Å². The summed E-state index contributed by atoms with van der Waals surface area (Å²) >= 11 is 6.27. The van der Waals surface area contributed by atoms with Gasteiger partial charge in [0.2, 0.25) is 11.6 Å². The third-order valence-electron chi connectivity index (χ3n) is 4.89. The molecule has 0 amide bonds. The number of anilines is 2. The lowest BCUT2D eigenvalue weighted by molar-refractivity contribution is 0.507. The Balaban J connectivity index is 1.96. The monoisotopic (exact) mass is 452 g/mol. The quantitative estimate of drug-likeness (QED) is 0.424. The molecule has 0 aliphatic heterocycles. The summed E-state index contributed by atoms with van der Waals surface area (Å²) in [4.78, 5) is 24.7. The van der Waals surface area contributed by atoms with Crippen molar-refractivity contribution in [1.82, 2.24) is 14.5 Å². The number of nitrogen functional groups attached to an aromatic ring is 1. The Kier molecular flexibility index (Phi) is 5.47. The van der Waals surface area contributed by atoms with Gasteiger partial charge in [-0.05, 0) is 36.6 Å². The Hall–Kier alpha value is -4.03. The van der Waals surface area contributed by atoms with E-state index >= 15 is 0 Å². The van der Waals surface area contributed by atoms with Gasteiger partial charge in [0, 0.05) is 18.0 Å². The van der Waals surface area contributed by atoms with Gasteiger partial charge in [-0.25, -0.2) is 23.6 Å². The number of nitrogens with one attached hydrogen (secondary N) is 1. The van der Waals surface area contributed by atoms with Crippen LogP contribution in [-0.2, 0) is 0 Å². The molecule has 0 saturated carbocycles. The van der Waals surface area contributed by atoms with Gasteiger partial charge in [0.05, 0.1) is 28.7 Å². The highest BCUT2D eigenvalue weighted by Gasteiger charge is 2.20. The fourth-order valence-electron chi connectivity index (χ4n) is 3.40. The highest BCUT2D eigenvalue weighted by molar-refractivity contribution is 6.35. The average molecular weight is 453 g/mol. The molecule has 0 unspecified atom stereocenters. The molecule has 4 aromatic rings. The van der Waals surface area contributed by atoms with Crippen LogP contribution in [0.2, 0.25) is 5.02 Å². The molecular weight excluding hydrogens is 438 g/mol. The van der Waals surface area contributed by atoms with Crippen molar-refractivity contribution in [2.24, 2.45) is 0 Å². The largest absolute Gasteiger partial charge is 0.371 e. The van der Waals surface area contributed by atoms with Gasteiger partial charge >= 0.3 is 0 Å². The molecule has 2 aromatic heterocycles. The van der Waals surface area contributed by atoms with Crippen LogP contribution < -0.4 is 16.6 Å². The number of aromatic nitrogens is 3. The Labute approximate surface area is 185 Å². The molecule has 10 heteroatoms. The summed E-state index contributed by atoms with van der Waals surface area (Å²) in [5.41, 5.74) is 5.81. The van der Waals surface area contributed by atoms with Gasteiger partial charge in [0.25, 0.3) is 5.56 Å². The van der Waals surface area contributed by atoms with Crippen LogP contribution in [0.25, 0.3) is 21.3 Å². The Morgan fingerprint density at radius 1 is 1.22 bits per heavy atom. The predicted octanol–water partition coefficient (Wildman–Crippen LogP) is 5.02. The maximum absolute atomic E-state index is 14.0. The molecule has 0 aliphatic rings. The molecule has 3 N–H and O–H groups in total. The minimum Gasteiger partial charge on any atom is -0.371 e. The van der Waals surface area contributed by atoms with E-state index in [2.05, 4.69) is 20.1 Å². The Morgan fingerprint density at radius 3 is 2.72 bits per heavy atom. The molecule has 0 spiro atoms. The number of pyridine rings is 1. The van der Waals surface area contributed by atoms with Crippen molar-refractivity contribution in [2.75, 3.05) is 11.1 Å². The van der Waals surface area contributed by atoms with Crippen LogP contribution in [0.5, 0.6) is 0 Å². The van der Waals surface area contributed by atoms with Crippen molar-refractivity contribution in [1.29, 1.82) is 0 Å². The average Bonchev–Trinajstić information content (AvgIpc) is 2.76.